The molecule has 1 aromatic rings. The average molecular weight is 183 g/mol. The summed E-state index contributed by atoms with van der Waals surface area (Å²) in [6, 6.07) is 3.35. The van der Waals surface area contributed by atoms with Crippen LogP contribution >= 0.6 is 0 Å². The van der Waals surface area contributed by atoms with Crippen LogP contribution < -0.4 is 0 Å². The SMILES string of the molecule is N#Cc1cc(F)cc(CCO)c1F. The lowest BCUT2D eigenvalue weighted by molar-refractivity contribution is 0.297. The zero-order chi connectivity index (χ0) is 9.84. The molecule has 0 saturated heterocycles. The lowest BCUT2D eigenvalue weighted by Gasteiger charge is -2.02. The summed E-state index contributed by atoms with van der Waals surface area (Å²) in [4.78, 5) is 0. The molecule has 68 valence electrons. The summed E-state index contributed by atoms with van der Waals surface area (Å²) in [5.41, 5.74) is -0.303. The van der Waals surface area contributed by atoms with E-state index in [0.717, 1.165) is 12.1 Å². The summed E-state index contributed by atoms with van der Waals surface area (Å²) in [6.45, 7) is -0.273. The van der Waals surface area contributed by atoms with Gasteiger partial charge in [0.25, 0.3) is 0 Å². The molecule has 0 aromatic heterocycles. The standard InChI is InChI=1S/C9H7F2NO/c10-8-3-6(1-2-13)9(11)7(4-8)5-12/h3-4,13H,1-2H2. The molecule has 2 nitrogen and oxygen atoms in total. The van der Waals surface area contributed by atoms with Crippen LogP contribution in [0.25, 0.3) is 0 Å². The van der Waals surface area contributed by atoms with E-state index in [1.54, 1.807) is 0 Å². The van der Waals surface area contributed by atoms with Crippen LogP contribution in [-0.4, -0.2) is 11.7 Å². The normalized spacial score (nSPS) is 9.69. The molecule has 0 saturated carbocycles. The van der Waals surface area contributed by atoms with Gasteiger partial charge in [-0.1, -0.05) is 0 Å². The highest BCUT2D eigenvalue weighted by molar-refractivity contribution is 5.35. The van der Waals surface area contributed by atoms with E-state index in [1.165, 1.54) is 6.07 Å². The molecule has 0 aliphatic heterocycles. The van der Waals surface area contributed by atoms with Crippen molar-refractivity contribution < 1.29 is 13.9 Å². The van der Waals surface area contributed by atoms with E-state index in [0.29, 0.717) is 0 Å². The zero-order valence-corrected chi connectivity index (χ0v) is 6.72. The van der Waals surface area contributed by atoms with E-state index in [4.69, 9.17) is 10.4 Å². The molecule has 0 aliphatic carbocycles. The summed E-state index contributed by atoms with van der Waals surface area (Å²) in [6.07, 6.45) is 0.0122. The van der Waals surface area contributed by atoms with Crippen LogP contribution in [0, 0.1) is 23.0 Å². The van der Waals surface area contributed by atoms with Crippen molar-refractivity contribution in [1.29, 1.82) is 5.26 Å². The topological polar surface area (TPSA) is 44.0 Å². The van der Waals surface area contributed by atoms with Crippen LogP contribution in [0.3, 0.4) is 0 Å². The van der Waals surface area contributed by atoms with E-state index >= 15 is 0 Å². The van der Waals surface area contributed by atoms with Crippen molar-refractivity contribution >= 4 is 0 Å². The quantitative estimate of drug-likeness (QED) is 0.752. The van der Waals surface area contributed by atoms with Crippen LogP contribution in [0.5, 0.6) is 0 Å². The highest BCUT2D eigenvalue weighted by Gasteiger charge is 2.09. The third-order valence-corrected chi connectivity index (χ3v) is 1.61. The Morgan fingerprint density at radius 1 is 1.38 bits per heavy atom. The minimum absolute atomic E-state index is 0.0122. The van der Waals surface area contributed by atoms with Crippen molar-refractivity contribution in [2.45, 2.75) is 6.42 Å². The first kappa shape index (κ1) is 9.62. The first-order chi connectivity index (χ1) is 6.19. The van der Waals surface area contributed by atoms with Gasteiger partial charge in [0, 0.05) is 6.61 Å². The number of aliphatic hydroxyl groups excluding tert-OH is 1. The molecule has 0 atom stereocenters. The Bertz CT molecular complexity index is 357. The first-order valence-electron chi connectivity index (χ1n) is 3.68. The van der Waals surface area contributed by atoms with E-state index < -0.39 is 11.6 Å². The minimum atomic E-state index is -0.752. The molecule has 0 heterocycles. The van der Waals surface area contributed by atoms with Gasteiger partial charge in [-0.05, 0) is 24.1 Å². The summed E-state index contributed by atoms with van der Waals surface area (Å²) < 4.78 is 25.9. The number of hydrogen-bond acceptors (Lipinski definition) is 2. The van der Waals surface area contributed by atoms with Gasteiger partial charge in [0.2, 0.25) is 0 Å². The van der Waals surface area contributed by atoms with Crippen LogP contribution in [0.15, 0.2) is 12.1 Å². The van der Waals surface area contributed by atoms with Crippen molar-refractivity contribution in [3.05, 3.63) is 34.9 Å². The average Bonchev–Trinajstić information content (AvgIpc) is 2.11. The van der Waals surface area contributed by atoms with Gasteiger partial charge >= 0.3 is 0 Å². The van der Waals surface area contributed by atoms with Crippen LogP contribution in [0.2, 0.25) is 0 Å². The third-order valence-electron chi connectivity index (χ3n) is 1.61. The molecule has 4 heteroatoms. The molecule has 0 aliphatic rings. The molecular formula is C9H7F2NO. The van der Waals surface area contributed by atoms with Gasteiger partial charge in [-0.2, -0.15) is 5.26 Å². The maximum absolute atomic E-state index is 13.1. The fraction of sp³-hybridized carbons (Fsp3) is 0.222. The highest BCUT2D eigenvalue weighted by atomic mass is 19.1. The van der Waals surface area contributed by atoms with Crippen molar-refractivity contribution in [2.75, 3.05) is 6.61 Å². The molecule has 0 spiro atoms. The summed E-state index contributed by atoms with van der Waals surface area (Å²) in [7, 11) is 0. The molecule has 0 fully saturated rings. The number of aliphatic hydroxyl groups is 1. The molecule has 0 unspecified atom stereocenters. The predicted molar refractivity (Wildman–Crippen MR) is 41.9 cm³/mol. The molecule has 0 amide bonds. The molecular weight excluding hydrogens is 176 g/mol. The Balaban J connectivity index is 3.21. The Kier molecular flexibility index (Phi) is 2.93. The van der Waals surface area contributed by atoms with Crippen molar-refractivity contribution in [1.82, 2.24) is 0 Å². The second-order valence-electron chi connectivity index (χ2n) is 2.51. The molecule has 1 N–H and O–H groups in total. The zero-order valence-electron chi connectivity index (χ0n) is 6.72. The number of rotatable bonds is 2. The minimum Gasteiger partial charge on any atom is -0.396 e. The van der Waals surface area contributed by atoms with E-state index in [-0.39, 0.29) is 24.2 Å². The number of nitrogens with zero attached hydrogens (tertiary/aromatic N) is 1. The first-order valence-corrected chi connectivity index (χ1v) is 3.68. The lowest BCUT2D eigenvalue weighted by Crippen LogP contribution is -1.99. The largest absolute Gasteiger partial charge is 0.396 e. The lowest BCUT2D eigenvalue weighted by atomic mass is 10.1. The van der Waals surface area contributed by atoms with Crippen LogP contribution in [0.4, 0.5) is 8.78 Å². The van der Waals surface area contributed by atoms with Crippen LogP contribution in [-0.2, 0) is 6.42 Å². The van der Waals surface area contributed by atoms with E-state index in [9.17, 15) is 8.78 Å². The van der Waals surface area contributed by atoms with Gasteiger partial charge in [0.15, 0.2) is 0 Å². The third kappa shape index (κ3) is 2.01. The fourth-order valence-corrected chi connectivity index (χ4v) is 1.03. The van der Waals surface area contributed by atoms with Crippen molar-refractivity contribution in [2.24, 2.45) is 0 Å². The summed E-state index contributed by atoms with van der Waals surface area (Å²) in [5.74, 6) is -1.42. The number of hydrogen-bond donors (Lipinski definition) is 1. The Morgan fingerprint density at radius 2 is 2.08 bits per heavy atom. The number of benzene rings is 1. The molecule has 13 heavy (non-hydrogen) atoms. The van der Waals surface area contributed by atoms with Gasteiger partial charge in [0.05, 0.1) is 5.56 Å². The van der Waals surface area contributed by atoms with Gasteiger partial charge in [-0.15, -0.1) is 0 Å². The highest BCUT2D eigenvalue weighted by Crippen LogP contribution is 2.15. The molecule has 1 rings (SSSR count). The van der Waals surface area contributed by atoms with E-state index in [1.807, 2.05) is 0 Å². The molecule has 0 bridgehead atoms. The molecule has 1 aromatic carbocycles. The Morgan fingerprint density at radius 3 is 2.62 bits per heavy atom. The Hall–Kier alpha value is -1.47. The van der Waals surface area contributed by atoms with Crippen molar-refractivity contribution in [3.63, 3.8) is 0 Å². The van der Waals surface area contributed by atoms with E-state index in [2.05, 4.69) is 0 Å². The maximum Gasteiger partial charge on any atom is 0.144 e. The summed E-state index contributed by atoms with van der Waals surface area (Å²) >= 11 is 0. The smallest absolute Gasteiger partial charge is 0.144 e. The van der Waals surface area contributed by atoms with Crippen LogP contribution in [0.1, 0.15) is 11.1 Å². The number of halogens is 2. The predicted octanol–water partition coefficient (Wildman–Crippen LogP) is 1.37. The van der Waals surface area contributed by atoms with Crippen molar-refractivity contribution in [3.8, 4) is 6.07 Å². The van der Waals surface area contributed by atoms with Gasteiger partial charge < -0.3 is 5.11 Å². The summed E-state index contributed by atoms with van der Waals surface area (Å²) in [5, 5.41) is 16.9. The maximum atomic E-state index is 13.1. The number of nitriles is 1. The second kappa shape index (κ2) is 3.97. The molecule has 0 radical (unpaired) electrons. The van der Waals surface area contributed by atoms with Gasteiger partial charge in [-0.3, -0.25) is 0 Å². The monoisotopic (exact) mass is 183 g/mol. The second-order valence-corrected chi connectivity index (χ2v) is 2.51. The fourth-order valence-electron chi connectivity index (χ4n) is 1.03. The van der Waals surface area contributed by atoms with Gasteiger partial charge in [0.1, 0.15) is 17.7 Å². The Labute approximate surface area is 74.0 Å². The van der Waals surface area contributed by atoms with Gasteiger partial charge in [-0.25, -0.2) is 8.78 Å².